The lowest BCUT2D eigenvalue weighted by atomic mass is 9.85. The van der Waals surface area contributed by atoms with Crippen molar-refractivity contribution in [1.29, 1.82) is 0 Å². The third kappa shape index (κ3) is 3.64. The van der Waals surface area contributed by atoms with Crippen LogP contribution < -0.4 is 4.74 Å². The molecule has 1 aromatic heterocycles. The van der Waals surface area contributed by atoms with Gasteiger partial charge in [-0.25, -0.2) is 9.37 Å². The molecule has 0 radical (unpaired) electrons. The topological polar surface area (TPSA) is 22.1 Å². The van der Waals surface area contributed by atoms with E-state index in [9.17, 15) is 4.39 Å². The first-order valence-electron chi connectivity index (χ1n) is 11.6. The summed E-state index contributed by atoms with van der Waals surface area (Å²) in [5.74, 6) is 0.483. The summed E-state index contributed by atoms with van der Waals surface area (Å²) in [5.41, 5.74) is 6.63. The lowest BCUT2D eigenvalue weighted by Gasteiger charge is -2.22. The molecule has 33 heavy (non-hydrogen) atoms. The fourth-order valence-electron chi connectivity index (χ4n) is 5.03. The van der Waals surface area contributed by atoms with Crippen molar-refractivity contribution in [3.63, 3.8) is 0 Å². The molecule has 0 amide bonds. The third-order valence-electron chi connectivity index (χ3n) is 6.67. The number of aromatic nitrogens is 1. The van der Waals surface area contributed by atoms with Crippen molar-refractivity contribution in [3.05, 3.63) is 107 Å². The molecule has 3 heteroatoms. The molecule has 6 rings (SSSR count). The molecule has 1 aliphatic rings. The second-order valence-corrected chi connectivity index (χ2v) is 8.71. The number of pyridine rings is 1. The van der Waals surface area contributed by atoms with E-state index in [4.69, 9.17) is 9.72 Å². The van der Waals surface area contributed by atoms with Crippen LogP contribution in [0.3, 0.4) is 0 Å². The summed E-state index contributed by atoms with van der Waals surface area (Å²) >= 11 is 0. The lowest BCUT2D eigenvalue weighted by Crippen LogP contribution is -2.08. The fourth-order valence-corrected chi connectivity index (χ4v) is 5.03. The Labute approximate surface area is 192 Å². The molecule has 2 nitrogen and oxygen atoms in total. The van der Waals surface area contributed by atoms with E-state index in [-0.39, 0.29) is 12.4 Å². The SMILES string of the molecule is Fc1ccccc1COc1ccc(-c2nc3ccc4ccccc4c3c3c2CCCC3)cc1. The monoisotopic (exact) mass is 433 g/mol. The van der Waals surface area contributed by atoms with Crippen LogP contribution in [-0.2, 0) is 19.4 Å². The first-order valence-corrected chi connectivity index (χ1v) is 11.6. The number of halogens is 1. The van der Waals surface area contributed by atoms with Crippen molar-refractivity contribution in [2.45, 2.75) is 32.3 Å². The fraction of sp³-hybridized carbons (Fsp3) is 0.167. The van der Waals surface area contributed by atoms with E-state index in [1.54, 1.807) is 12.1 Å². The Balaban J connectivity index is 1.39. The van der Waals surface area contributed by atoms with Crippen molar-refractivity contribution < 1.29 is 9.13 Å². The number of benzene rings is 4. The van der Waals surface area contributed by atoms with Gasteiger partial charge in [0.05, 0.1) is 11.2 Å². The Morgan fingerprint density at radius 2 is 1.52 bits per heavy atom. The van der Waals surface area contributed by atoms with Gasteiger partial charge in [-0.05, 0) is 84.0 Å². The van der Waals surface area contributed by atoms with Gasteiger partial charge in [-0.3, -0.25) is 0 Å². The first kappa shape index (κ1) is 19.9. The van der Waals surface area contributed by atoms with Gasteiger partial charge in [-0.15, -0.1) is 0 Å². The Bertz CT molecular complexity index is 1470. The molecule has 0 saturated carbocycles. The molecule has 0 atom stereocenters. The molecule has 162 valence electrons. The number of aryl methyl sites for hydroxylation is 1. The molecular weight excluding hydrogens is 409 g/mol. The highest BCUT2D eigenvalue weighted by Gasteiger charge is 2.20. The molecule has 0 aliphatic heterocycles. The average Bonchev–Trinajstić information content (AvgIpc) is 2.88. The van der Waals surface area contributed by atoms with Crippen LogP contribution in [0, 0.1) is 5.82 Å². The molecular formula is C30H24FNO. The van der Waals surface area contributed by atoms with Crippen molar-refractivity contribution in [3.8, 4) is 17.0 Å². The minimum atomic E-state index is -0.242. The van der Waals surface area contributed by atoms with E-state index >= 15 is 0 Å². The van der Waals surface area contributed by atoms with Crippen molar-refractivity contribution in [1.82, 2.24) is 4.98 Å². The van der Waals surface area contributed by atoms with E-state index in [0.717, 1.165) is 35.4 Å². The average molecular weight is 434 g/mol. The van der Waals surface area contributed by atoms with Crippen LogP contribution in [0.4, 0.5) is 4.39 Å². The first-order chi connectivity index (χ1) is 16.3. The maximum Gasteiger partial charge on any atom is 0.129 e. The van der Waals surface area contributed by atoms with Gasteiger partial charge in [0.15, 0.2) is 0 Å². The molecule has 0 saturated heterocycles. The minimum absolute atomic E-state index is 0.211. The van der Waals surface area contributed by atoms with Crippen LogP contribution in [0.2, 0.25) is 0 Å². The van der Waals surface area contributed by atoms with E-state index in [2.05, 4.69) is 48.5 Å². The summed E-state index contributed by atoms with van der Waals surface area (Å²) in [6, 6.07) is 27.7. The Kier molecular flexibility index (Phi) is 5.03. The van der Waals surface area contributed by atoms with Gasteiger partial charge >= 0.3 is 0 Å². The van der Waals surface area contributed by atoms with Gasteiger partial charge in [-0.1, -0.05) is 48.5 Å². The van der Waals surface area contributed by atoms with Crippen LogP contribution >= 0.6 is 0 Å². The summed E-state index contributed by atoms with van der Waals surface area (Å²) in [4.78, 5) is 5.15. The summed E-state index contributed by atoms with van der Waals surface area (Å²) in [7, 11) is 0. The maximum atomic E-state index is 13.9. The molecule has 0 spiro atoms. The molecule has 5 aromatic rings. The highest BCUT2D eigenvalue weighted by atomic mass is 19.1. The smallest absolute Gasteiger partial charge is 0.129 e. The summed E-state index contributed by atoms with van der Waals surface area (Å²) < 4.78 is 19.7. The van der Waals surface area contributed by atoms with Crippen LogP contribution in [0.5, 0.6) is 5.75 Å². The maximum absolute atomic E-state index is 13.9. The van der Waals surface area contributed by atoms with Crippen LogP contribution in [0.25, 0.3) is 32.9 Å². The second kappa shape index (κ2) is 8.32. The zero-order chi connectivity index (χ0) is 22.2. The number of hydrogen-bond acceptors (Lipinski definition) is 2. The van der Waals surface area contributed by atoms with Gasteiger partial charge in [-0.2, -0.15) is 0 Å². The molecule has 0 bridgehead atoms. The molecule has 1 heterocycles. The highest BCUT2D eigenvalue weighted by molar-refractivity contribution is 6.09. The largest absolute Gasteiger partial charge is 0.489 e. The standard InChI is InChI=1S/C30H24FNO/c31-27-12-6-2-8-22(27)19-33-23-16-13-21(14-17-23)30-26-11-5-4-10-25(26)29-24-9-3-1-7-20(24)15-18-28(29)32-30/h1-3,6-9,12-18H,4-5,10-11,19H2. The van der Waals surface area contributed by atoms with Crippen molar-refractivity contribution in [2.75, 3.05) is 0 Å². The Morgan fingerprint density at radius 1 is 0.758 bits per heavy atom. The molecule has 0 N–H and O–H groups in total. The zero-order valence-corrected chi connectivity index (χ0v) is 18.4. The summed E-state index contributed by atoms with van der Waals surface area (Å²) in [5, 5.41) is 3.88. The van der Waals surface area contributed by atoms with Gasteiger partial charge in [0, 0.05) is 16.5 Å². The predicted octanol–water partition coefficient (Wildman–Crippen LogP) is 7.65. The van der Waals surface area contributed by atoms with Gasteiger partial charge in [0.2, 0.25) is 0 Å². The molecule has 4 aromatic carbocycles. The predicted molar refractivity (Wildman–Crippen MR) is 132 cm³/mol. The van der Waals surface area contributed by atoms with Gasteiger partial charge in [0.1, 0.15) is 18.2 Å². The van der Waals surface area contributed by atoms with Crippen LogP contribution in [0.15, 0.2) is 84.9 Å². The second-order valence-electron chi connectivity index (χ2n) is 8.71. The lowest BCUT2D eigenvalue weighted by molar-refractivity contribution is 0.300. The van der Waals surface area contributed by atoms with E-state index in [1.807, 2.05) is 18.2 Å². The summed E-state index contributed by atoms with van der Waals surface area (Å²) in [6.07, 6.45) is 4.57. The molecule has 1 aliphatic carbocycles. The van der Waals surface area contributed by atoms with Crippen LogP contribution in [-0.4, -0.2) is 4.98 Å². The highest BCUT2D eigenvalue weighted by Crippen LogP contribution is 2.38. The number of fused-ring (bicyclic) bond motifs is 5. The van der Waals surface area contributed by atoms with Gasteiger partial charge in [0.25, 0.3) is 0 Å². The van der Waals surface area contributed by atoms with E-state index in [1.165, 1.54) is 46.2 Å². The number of hydrogen-bond donors (Lipinski definition) is 0. The molecule has 0 fully saturated rings. The Morgan fingerprint density at radius 3 is 2.36 bits per heavy atom. The molecule has 0 unspecified atom stereocenters. The van der Waals surface area contributed by atoms with E-state index < -0.39 is 0 Å². The van der Waals surface area contributed by atoms with Gasteiger partial charge < -0.3 is 4.74 Å². The summed E-state index contributed by atoms with van der Waals surface area (Å²) in [6.45, 7) is 0.211. The number of ether oxygens (including phenoxy) is 1. The van der Waals surface area contributed by atoms with E-state index in [0.29, 0.717) is 5.56 Å². The van der Waals surface area contributed by atoms with Crippen molar-refractivity contribution >= 4 is 21.7 Å². The van der Waals surface area contributed by atoms with Crippen LogP contribution in [0.1, 0.15) is 29.5 Å². The zero-order valence-electron chi connectivity index (χ0n) is 18.4. The third-order valence-corrected chi connectivity index (χ3v) is 6.67. The number of rotatable bonds is 4. The van der Waals surface area contributed by atoms with Crippen molar-refractivity contribution in [2.24, 2.45) is 0 Å². The minimum Gasteiger partial charge on any atom is -0.489 e. The quantitative estimate of drug-likeness (QED) is 0.272. The normalized spacial score (nSPS) is 13.2. The Hall–Kier alpha value is -3.72. The number of nitrogens with zero attached hydrogens (tertiary/aromatic N) is 1.